The lowest BCUT2D eigenvalue weighted by atomic mass is 9.79. The maximum absolute atomic E-state index is 7.00. The van der Waals surface area contributed by atoms with Crippen LogP contribution in [0.2, 0.25) is 0 Å². The van der Waals surface area contributed by atoms with Gasteiger partial charge in [0, 0.05) is 7.11 Å². The molecule has 3 heteroatoms. The molecule has 168 valence electrons. The molecule has 2 unspecified atom stereocenters. The Morgan fingerprint density at radius 1 is 1.10 bits per heavy atom. The van der Waals surface area contributed by atoms with Gasteiger partial charge < -0.3 is 15.6 Å². The molecule has 0 aromatic heterocycles. The van der Waals surface area contributed by atoms with E-state index in [0.717, 1.165) is 31.7 Å². The lowest BCUT2D eigenvalue weighted by molar-refractivity contribution is 0.398. The summed E-state index contributed by atoms with van der Waals surface area (Å²) in [5, 5.41) is 7.00. The number of aliphatic hydroxyl groups excluding tert-OH is 1. The van der Waals surface area contributed by atoms with Gasteiger partial charge in [-0.2, -0.15) is 0 Å². The molecular weight excluding hydrogens is 370 g/mol. The molecule has 0 saturated carbocycles. The van der Waals surface area contributed by atoms with Crippen LogP contribution in [0.1, 0.15) is 74.6 Å². The van der Waals surface area contributed by atoms with Crippen molar-refractivity contribution in [2.75, 3.05) is 20.8 Å². The highest BCUT2D eigenvalue weighted by Gasteiger charge is 2.20. The second-order valence-corrected chi connectivity index (χ2v) is 7.71. The van der Waals surface area contributed by atoms with Crippen LogP contribution in [0, 0.1) is 5.92 Å². The van der Waals surface area contributed by atoms with Gasteiger partial charge in [0.1, 0.15) is 5.75 Å². The zero-order chi connectivity index (χ0) is 22.4. The molecule has 0 amide bonds. The highest BCUT2D eigenvalue weighted by molar-refractivity contribution is 5.36. The SMILES string of the molecule is CC.CCCC(CN)c1ccc2c(c1)CCC(CCc1ccccc1OC)C2.CO. The summed E-state index contributed by atoms with van der Waals surface area (Å²) in [5.41, 5.74) is 11.9. The van der Waals surface area contributed by atoms with E-state index in [-0.39, 0.29) is 0 Å². The fourth-order valence-corrected chi connectivity index (χ4v) is 4.39. The Bertz CT molecular complexity index is 714. The standard InChI is InChI=1S/C24H33NO.C2H6.CH4O/c1-3-6-23(17-25)22-14-13-20-15-18(10-12-21(20)16-22)9-11-19-7-4-5-8-24(19)26-2;2*1-2/h4-5,7-8,13-14,16,18,23H,3,6,9-12,15,17,25H2,1-2H3;1-2H3;2H,1H3. The van der Waals surface area contributed by atoms with Gasteiger partial charge in [-0.05, 0) is 85.2 Å². The number of nitrogens with two attached hydrogens (primary N) is 1. The quantitative estimate of drug-likeness (QED) is 0.565. The molecule has 1 aliphatic carbocycles. The predicted molar refractivity (Wildman–Crippen MR) is 129 cm³/mol. The van der Waals surface area contributed by atoms with Crippen molar-refractivity contribution in [2.24, 2.45) is 11.7 Å². The zero-order valence-corrected chi connectivity index (χ0v) is 19.8. The van der Waals surface area contributed by atoms with Crippen LogP contribution in [-0.4, -0.2) is 25.9 Å². The minimum atomic E-state index is 0.522. The van der Waals surface area contributed by atoms with Gasteiger partial charge in [-0.15, -0.1) is 0 Å². The monoisotopic (exact) mass is 413 g/mol. The molecular formula is C27H43NO2. The van der Waals surface area contributed by atoms with E-state index < -0.39 is 0 Å². The number of hydrogen-bond donors (Lipinski definition) is 2. The van der Waals surface area contributed by atoms with Crippen LogP contribution in [-0.2, 0) is 19.3 Å². The predicted octanol–water partition coefficient (Wildman–Crippen LogP) is 5.91. The maximum Gasteiger partial charge on any atom is 0.122 e. The molecule has 0 saturated heterocycles. The van der Waals surface area contributed by atoms with Gasteiger partial charge in [0.15, 0.2) is 0 Å². The molecule has 2 atom stereocenters. The Hall–Kier alpha value is -1.84. The minimum absolute atomic E-state index is 0.522. The van der Waals surface area contributed by atoms with Gasteiger partial charge in [-0.1, -0.05) is 63.6 Å². The number of aryl methyl sites for hydroxylation is 2. The number of aliphatic hydroxyl groups is 1. The number of ether oxygens (including phenoxy) is 1. The van der Waals surface area contributed by atoms with Crippen LogP contribution in [0.25, 0.3) is 0 Å². The summed E-state index contributed by atoms with van der Waals surface area (Å²) in [7, 11) is 2.76. The first-order valence-electron chi connectivity index (χ1n) is 11.6. The number of fused-ring (bicyclic) bond motifs is 1. The first kappa shape index (κ1) is 26.2. The minimum Gasteiger partial charge on any atom is -0.496 e. The Morgan fingerprint density at radius 3 is 2.50 bits per heavy atom. The first-order valence-corrected chi connectivity index (χ1v) is 11.6. The fraction of sp³-hybridized carbons (Fsp3) is 0.556. The highest BCUT2D eigenvalue weighted by Crippen LogP contribution is 2.32. The molecule has 1 aliphatic rings. The van der Waals surface area contributed by atoms with E-state index in [1.807, 2.05) is 19.9 Å². The topological polar surface area (TPSA) is 55.5 Å². The summed E-state index contributed by atoms with van der Waals surface area (Å²) in [6.45, 7) is 7.00. The molecule has 0 spiro atoms. The van der Waals surface area contributed by atoms with Crippen LogP contribution in [0.15, 0.2) is 42.5 Å². The number of hydrogen-bond acceptors (Lipinski definition) is 3. The summed E-state index contributed by atoms with van der Waals surface area (Å²) in [6, 6.07) is 15.6. The van der Waals surface area contributed by atoms with E-state index in [4.69, 9.17) is 15.6 Å². The maximum atomic E-state index is 7.00. The Labute approximate surface area is 184 Å². The summed E-state index contributed by atoms with van der Waals surface area (Å²) >= 11 is 0. The number of para-hydroxylation sites is 1. The van der Waals surface area contributed by atoms with Crippen molar-refractivity contribution in [3.8, 4) is 5.75 Å². The van der Waals surface area contributed by atoms with Crippen LogP contribution >= 0.6 is 0 Å². The Morgan fingerprint density at radius 2 is 1.83 bits per heavy atom. The van der Waals surface area contributed by atoms with Crippen molar-refractivity contribution in [3.63, 3.8) is 0 Å². The average Bonchev–Trinajstić information content (AvgIpc) is 2.83. The van der Waals surface area contributed by atoms with Crippen LogP contribution in [0.4, 0.5) is 0 Å². The van der Waals surface area contributed by atoms with Crippen molar-refractivity contribution in [1.82, 2.24) is 0 Å². The van der Waals surface area contributed by atoms with Gasteiger partial charge in [-0.25, -0.2) is 0 Å². The van der Waals surface area contributed by atoms with Crippen molar-refractivity contribution in [2.45, 2.75) is 71.6 Å². The highest BCUT2D eigenvalue weighted by atomic mass is 16.5. The van der Waals surface area contributed by atoms with Crippen LogP contribution in [0.5, 0.6) is 5.75 Å². The Kier molecular flexibility index (Phi) is 13.1. The van der Waals surface area contributed by atoms with E-state index in [1.54, 1.807) is 18.2 Å². The third kappa shape index (κ3) is 7.45. The lowest BCUT2D eigenvalue weighted by Crippen LogP contribution is -2.17. The van der Waals surface area contributed by atoms with E-state index in [9.17, 15) is 0 Å². The third-order valence-corrected chi connectivity index (χ3v) is 5.97. The first-order chi connectivity index (χ1) is 14.7. The van der Waals surface area contributed by atoms with E-state index in [2.05, 4.69) is 43.3 Å². The smallest absolute Gasteiger partial charge is 0.122 e. The molecule has 30 heavy (non-hydrogen) atoms. The summed E-state index contributed by atoms with van der Waals surface area (Å²) in [4.78, 5) is 0. The number of benzene rings is 2. The van der Waals surface area contributed by atoms with Gasteiger partial charge in [-0.3, -0.25) is 0 Å². The third-order valence-electron chi connectivity index (χ3n) is 5.97. The van der Waals surface area contributed by atoms with E-state index in [0.29, 0.717) is 5.92 Å². The summed E-state index contributed by atoms with van der Waals surface area (Å²) in [5.74, 6) is 2.32. The van der Waals surface area contributed by atoms with E-state index in [1.165, 1.54) is 49.7 Å². The summed E-state index contributed by atoms with van der Waals surface area (Å²) < 4.78 is 5.50. The molecule has 0 bridgehead atoms. The molecule has 2 aromatic carbocycles. The van der Waals surface area contributed by atoms with Crippen molar-refractivity contribution >= 4 is 0 Å². The molecule has 0 heterocycles. The molecule has 3 rings (SSSR count). The normalized spacial score (nSPS) is 15.6. The van der Waals surface area contributed by atoms with Gasteiger partial charge in [0.25, 0.3) is 0 Å². The second-order valence-electron chi connectivity index (χ2n) is 7.71. The molecule has 0 fully saturated rings. The summed E-state index contributed by atoms with van der Waals surface area (Å²) in [6.07, 6.45) is 8.46. The van der Waals surface area contributed by atoms with E-state index >= 15 is 0 Å². The van der Waals surface area contributed by atoms with Gasteiger partial charge in [0.2, 0.25) is 0 Å². The fourth-order valence-electron chi connectivity index (χ4n) is 4.39. The second kappa shape index (κ2) is 15.0. The average molecular weight is 414 g/mol. The van der Waals surface area contributed by atoms with Crippen LogP contribution < -0.4 is 10.5 Å². The Balaban J connectivity index is 0.00000106. The van der Waals surface area contributed by atoms with Crippen molar-refractivity contribution in [3.05, 3.63) is 64.7 Å². The number of rotatable bonds is 8. The van der Waals surface area contributed by atoms with Crippen molar-refractivity contribution in [1.29, 1.82) is 0 Å². The largest absolute Gasteiger partial charge is 0.496 e. The lowest BCUT2D eigenvalue weighted by Gasteiger charge is -2.26. The molecule has 2 aromatic rings. The van der Waals surface area contributed by atoms with Gasteiger partial charge >= 0.3 is 0 Å². The van der Waals surface area contributed by atoms with Crippen LogP contribution in [0.3, 0.4) is 0 Å². The molecule has 3 nitrogen and oxygen atoms in total. The molecule has 0 radical (unpaired) electrons. The molecule has 3 N–H and O–H groups in total. The zero-order valence-electron chi connectivity index (χ0n) is 19.8. The number of methoxy groups -OCH3 is 1. The van der Waals surface area contributed by atoms with Gasteiger partial charge in [0.05, 0.1) is 7.11 Å². The van der Waals surface area contributed by atoms with Crippen molar-refractivity contribution < 1.29 is 9.84 Å². The molecule has 0 aliphatic heterocycles.